The number of hydrogen-bond donors (Lipinski definition) is 0. The SMILES string of the molecule is CCCCC(C)(C)C(P(c1ccccc1)c1ccccc1)P(c1ccccc1)c1ccccc1. The minimum Gasteiger partial charge on any atom is -0.0654 e. The van der Waals surface area contributed by atoms with Gasteiger partial charge in [-0.05, 0) is 48.9 Å². The maximum atomic E-state index is 2.54. The quantitative estimate of drug-likeness (QED) is 0.202. The Balaban J connectivity index is 1.98. The summed E-state index contributed by atoms with van der Waals surface area (Å²) in [6.07, 6.45) is 3.74. The van der Waals surface area contributed by atoms with Crippen molar-refractivity contribution in [2.45, 2.75) is 45.4 Å². The van der Waals surface area contributed by atoms with E-state index in [9.17, 15) is 0 Å². The molecule has 0 aromatic heterocycles. The van der Waals surface area contributed by atoms with Crippen LogP contribution in [-0.2, 0) is 0 Å². The Kier molecular flexibility index (Phi) is 8.72. The van der Waals surface area contributed by atoms with Crippen LogP contribution in [0.3, 0.4) is 0 Å². The van der Waals surface area contributed by atoms with E-state index in [1.54, 1.807) is 0 Å². The molecule has 0 amide bonds. The van der Waals surface area contributed by atoms with Gasteiger partial charge < -0.3 is 0 Å². The molecule has 0 unspecified atom stereocenters. The Morgan fingerprint density at radius 1 is 0.529 bits per heavy atom. The highest BCUT2D eigenvalue weighted by atomic mass is 31.2. The molecule has 2 heteroatoms. The van der Waals surface area contributed by atoms with Gasteiger partial charge in [-0.1, -0.05) is 155 Å². The molecule has 0 radical (unpaired) electrons. The van der Waals surface area contributed by atoms with Crippen molar-refractivity contribution in [1.29, 1.82) is 0 Å². The maximum Gasteiger partial charge on any atom is 0.0206 e. The van der Waals surface area contributed by atoms with Crippen molar-refractivity contribution in [3.8, 4) is 0 Å². The molecule has 0 bridgehead atoms. The van der Waals surface area contributed by atoms with Gasteiger partial charge in [0.25, 0.3) is 0 Å². The molecule has 0 spiro atoms. The fourth-order valence-corrected chi connectivity index (χ4v) is 12.7. The first-order valence-corrected chi connectivity index (χ1v) is 15.2. The minimum atomic E-state index is -0.577. The van der Waals surface area contributed by atoms with Crippen molar-refractivity contribution in [2.75, 3.05) is 0 Å². The van der Waals surface area contributed by atoms with Crippen molar-refractivity contribution in [3.05, 3.63) is 121 Å². The molecule has 0 N–H and O–H groups in total. The van der Waals surface area contributed by atoms with Crippen LogP contribution in [0.15, 0.2) is 121 Å². The van der Waals surface area contributed by atoms with Gasteiger partial charge in [0.1, 0.15) is 0 Å². The van der Waals surface area contributed by atoms with Crippen LogP contribution in [0, 0.1) is 5.41 Å². The topological polar surface area (TPSA) is 0 Å². The van der Waals surface area contributed by atoms with Crippen LogP contribution in [0.5, 0.6) is 0 Å². The molecular weight excluding hydrogens is 446 g/mol. The summed E-state index contributed by atoms with van der Waals surface area (Å²) in [5, 5.41) is 6.45. The minimum absolute atomic E-state index is 0.185. The van der Waals surface area contributed by atoms with Gasteiger partial charge in [-0.2, -0.15) is 0 Å². The van der Waals surface area contributed by atoms with Crippen LogP contribution >= 0.6 is 15.8 Å². The highest BCUT2D eigenvalue weighted by Crippen LogP contribution is 2.63. The molecule has 0 nitrogen and oxygen atoms in total. The normalized spacial score (nSPS) is 11.9. The zero-order valence-corrected chi connectivity index (χ0v) is 22.4. The highest BCUT2D eigenvalue weighted by Gasteiger charge is 2.43. The highest BCUT2D eigenvalue weighted by molar-refractivity contribution is 7.89. The summed E-state index contributed by atoms with van der Waals surface area (Å²) in [5.41, 5.74) is 0.185. The van der Waals surface area contributed by atoms with Gasteiger partial charge in [-0.25, -0.2) is 0 Å². The zero-order chi connectivity index (χ0) is 23.8. The summed E-state index contributed by atoms with van der Waals surface area (Å²) in [4.78, 5) is 0. The first-order valence-electron chi connectivity index (χ1n) is 12.4. The van der Waals surface area contributed by atoms with Crippen molar-refractivity contribution in [2.24, 2.45) is 5.41 Å². The molecule has 174 valence electrons. The molecule has 0 aliphatic carbocycles. The number of benzene rings is 4. The van der Waals surface area contributed by atoms with E-state index < -0.39 is 15.8 Å². The maximum absolute atomic E-state index is 2.54. The van der Waals surface area contributed by atoms with Crippen LogP contribution in [0.2, 0.25) is 0 Å². The number of unbranched alkanes of at least 4 members (excludes halogenated alkanes) is 1. The molecule has 34 heavy (non-hydrogen) atoms. The van der Waals surface area contributed by atoms with E-state index in [0.717, 1.165) is 0 Å². The molecule has 4 aromatic carbocycles. The lowest BCUT2D eigenvalue weighted by atomic mass is 9.89. The first-order chi connectivity index (χ1) is 16.6. The van der Waals surface area contributed by atoms with E-state index in [0.29, 0.717) is 5.40 Å². The molecule has 0 fully saturated rings. The van der Waals surface area contributed by atoms with Gasteiger partial charge in [0, 0.05) is 5.40 Å². The average Bonchev–Trinajstić information content (AvgIpc) is 2.89. The number of rotatable bonds is 10. The molecule has 0 aliphatic heterocycles. The smallest absolute Gasteiger partial charge is 0.0206 e. The summed E-state index contributed by atoms with van der Waals surface area (Å²) >= 11 is 0. The second kappa shape index (κ2) is 11.9. The van der Waals surface area contributed by atoms with Crippen LogP contribution in [0.4, 0.5) is 0 Å². The van der Waals surface area contributed by atoms with Gasteiger partial charge in [-0.3, -0.25) is 0 Å². The molecule has 0 saturated heterocycles. The third kappa shape index (κ3) is 5.86. The van der Waals surface area contributed by atoms with E-state index in [-0.39, 0.29) is 5.41 Å². The van der Waals surface area contributed by atoms with Gasteiger partial charge in [0.05, 0.1) is 0 Å². The second-order valence-corrected chi connectivity index (χ2v) is 14.5. The lowest BCUT2D eigenvalue weighted by Gasteiger charge is -2.45. The van der Waals surface area contributed by atoms with E-state index in [4.69, 9.17) is 0 Å². The van der Waals surface area contributed by atoms with E-state index >= 15 is 0 Å². The van der Waals surface area contributed by atoms with Crippen LogP contribution in [0.25, 0.3) is 0 Å². The molecule has 0 saturated carbocycles. The Morgan fingerprint density at radius 3 is 1.09 bits per heavy atom. The molecule has 0 heterocycles. The monoisotopic (exact) mass is 482 g/mol. The summed E-state index contributed by atoms with van der Waals surface area (Å²) in [7, 11) is -1.15. The fraction of sp³-hybridized carbons (Fsp3) is 0.250. The Bertz CT molecular complexity index is 947. The molecule has 4 rings (SSSR count). The Labute approximate surface area is 209 Å². The Morgan fingerprint density at radius 2 is 0.824 bits per heavy atom. The zero-order valence-electron chi connectivity index (χ0n) is 20.6. The van der Waals surface area contributed by atoms with Gasteiger partial charge >= 0.3 is 0 Å². The van der Waals surface area contributed by atoms with Gasteiger partial charge in [0.2, 0.25) is 0 Å². The van der Waals surface area contributed by atoms with Crippen LogP contribution < -0.4 is 21.2 Å². The van der Waals surface area contributed by atoms with E-state index in [2.05, 4.69) is 142 Å². The van der Waals surface area contributed by atoms with E-state index in [1.165, 1.54) is 40.5 Å². The lowest BCUT2D eigenvalue weighted by Crippen LogP contribution is -2.37. The molecule has 0 aliphatic rings. The second-order valence-electron chi connectivity index (χ2n) is 9.55. The molecular formula is C32H36P2. The lowest BCUT2D eigenvalue weighted by molar-refractivity contribution is 0.353. The fourth-order valence-electron chi connectivity index (χ4n) is 4.79. The summed E-state index contributed by atoms with van der Waals surface area (Å²) in [5.74, 6) is 0. The van der Waals surface area contributed by atoms with Gasteiger partial charge in [0.15, 0.2) is 0 Å². The largest absolute Gasteiger partial charge is 0.0654 e. The van der Waals surface area contributed by atoms with Crippen LogP contribution in [0.1, 0.15) is 40.0 Å². The average molecular weight is 483 g/mol. The summed E-state index contributed by atoms with van der Waals surface area (Å²) in [6.45, 7) is 7.39. The number of hydrogen-bond acceptors (Lipinski definition) is 0. The molecule has 0 atom stereocenters. The van der Waals surface area contributed by atoms with Crippen molar-refractivity contribution >= 4 is 37.1 Å². The van der Waals surface area contributed by atoms with E-state index in [1.807, 2.05) is 0 Å². The summed E-state index contributed by atoms with van der Waals surface area (Å²) in [6, 6.07) is 45.3. The van der Waals surface area contributed by atoms with Crippen molar-refractivity contribution in [3.63, 3.8) is 0 Å². The predicted molar refractivity (Wildman–Crippen MR) is 155 cm³/mol. The van der Waals surface area contributed by atoms with Crippen molar-refractivity contribution in [1.82, 2.24) is 0 Å². The molecule has 4 aromatic rings. The standard InChI is InChI=1S/C32H36P2/c1-4-5-26-32(2,3)31(33(27-18-10-6-11-19-27)28-20-12-7-13-21-28)34(29-22-14-8-15-23-29)30-24-16-9-17-25-30/h6-25,31H,4-5,26H2,1-3H3. The Hall–Kier alpha value is -2.26. The third-order valence-electron chi connectivity index (χ3n) is 6.50. The van der Waals surface area contributed by atoms with Gasteiger partial charge in [-0.15, -0.1) is 0 Å². The first kappa shape index (κ1) is 24.9. The summed E-state index contributed by atoms with van der Waals surface area (Å²) < 4.78 is 0. The third-order valence-corrected chi connectivity index (χ3v) is 13.7. The predicted octanol–water partition coefficient (Wildman–Crippen LogP) is 7.79. The van der Waals surface area contributed by atoms with Crippen molar-refractivity contribution < 1.29 is 0 Å². The van der Waals surface area contributed by atoms with Crippen LogP contribution in [-0.4, -0.2) is 5.40 Å².